The zero-order valence-corrected chi connectivity index (χ0v) is 18.7. The van der Waals surface area contributed by atoms with Gasteiger partial charge < -0.3 is 4.74 Å². The van der Waals surface area contributed by atoms with E-state index in [9.17, 15) is 0 Å². The molecule has 0 bridgehead atoms. The van der Waals surface area contributed by atoms with E-state index in [0.29, 0.717) is 0 Å². The van der Waals surface area contributed by atoms with Crippen LogP contribution in [0.15, 0.2) is 84.9 Å². The fourth-order valence-corrected chi connectivity index (χ4v) is 3.96. The Morgan fingerprint density at radius 3 is 1.86 bits per heavy atom. The Morgan fingerprint density at radius 2 is 1.28 bits per heavy atom. The van der Waals surface area contributed by atoms with Crippen molar-refractivity contribution in [2.24, 2.45) is 0 Å². The van der Waals surface area contributed by atoms with Gasteiger partial charge in [0.15, 0.2) is 0 Å². The van der Waals surface area contributed by atoms with Gasteiger partial charge >= 0.3 is 0 Å². The topological polar surface area (TPSA) is 9.23 Å². The molecule has 0 amide bonds. The fourth-order valence-electron chi connectivity index (χ4n) is 3.57. The summed E-state index contributed by atoms with van der Waals surface area (Å²) in [6.07, 6.45) is 4.46. The lowest BCUT2D eigenvalue weighted by Gasteiger charge is -2.17. The minimum Gasteiger partial charge on any atom is -0.494 e. The van der Waals surface area contributed by atoms with Gasteiger partial charge in [-0.2, -0.15) is 0 Å². The van der Waals surface area contributed by atoms with Gasteiger partial charge in [-0.1, -0.05) is 95.7 Å². The second-order valence-corrected chi connectivity index (χ2v) is 7.85. The molecule has 2 heteroatoms. The number of hydrogen-bond donors (Lipinski definition) is 0. The number of ether oxygens (including phenoxy) is 1. The lowest BCUT2D eigenvalue weighted by molar-refractivity contribution is 0.306. The first-order valence-corrected chi connectivity index (χ1v) is 11.6. The molecule has 0 N–H and O–H groups in total. The number of unbranched alkanes of at least 4 members (excludes halogenated alkanes) is 2. The summed E-state index contributed by atoms with van der Waals surface area (Å²) in [7, 11) is 0. The predicted octanol–water partition coefficient (Wildman–Crippen LogP) is 8.00. The van der Waals surface area contributed by atoms with Gasteiger partial charge in [0.1, 0.15) is 5.75 Å². The highest BCUT2D eigenvalue weighted by Gasteiger charge is 2.12. The fraction of sp³-hybridized carbons (Fsp3) is 0.259. The largest absolute Gasteiger partial charge is 0.494 e. The molecular weight excluding hydrogens is 420 g/mol. The van der Waals surface area contributed by atoms with Gasteiger partial charge in [0.25, 0.3) is 0 Å². The second kappa shape index (κ2) is 11.6. The van der Waals surface area contributed by atoms with Crippen molar-refractivity contribution in [3.63, 3.8) is 0 Å². The minimum atomic E-state index is 0.776. The van der Waals surface area contributed by atoms with Crippen molar-refractivity contribution in [1.29, 1.82) is 0 Å². The quantitative estimate of drug-likeness (QED) is 0.173. The van der Waals surface area contributed by atoms with E-state index in [1.807, 2.05) is 0 Å². The summed E-state index contributed by atoms with van der Waals surface area (Å²) in [6, 6.07) is 30.0. The molecule has 3 rings (SSSR count). The van der Waals surface area contributed by atoms with E-state index in [0.717, 1.165) is 30.5 Å². The van der Waals surface area contributed by atoms with Crippen molar-refractivity contribution in [3.05, 3.63) is 102 Å². The normalized spacial score (nSPS) is 11.8. The molecule has 0 fully saturated rings. The molecule has 0 radical (unpaired) electrons. The maximum absolute atomic E-state index is 5.93. The molecule has 0 atom stereocenters. The number of alkyl halides is 1. The van der Waals surface area contributed by atoms with Crippen LogP contribution in [-0.4, -0.2) is 11.9 Å². The molecule has 0 aliphatic rings. The van der Waals surface area contributed by atoms with Gasteiger partial charge in [-0.05, 0) is 65.7 Å². The highest BCUT2D eigenvalue weighted by atomic mass is 79.9. The molecule has 150 valence electrons. The summed E-state index contributed by atoms with van der Waals surface area (Å²) in [5.74, 6) is 0.942. The first-order valence-electron chi connectivity index (χ1n) is 10.5. The predicted molar refractivity (Wildman–Crippen MR) is 129 cm³/mol. The number of halogens is 1. The highest BCUT2D eigenvalue weighted by Crippen LogP contribution is 2.34. The third-order valence-electron chi connectivity index (χ3n) is 5.03. The van der Waals surface area contributed by atoms with Crippen LogP contribution in [0.1, 0.15) is 49.3 Å². The Hall–Kier alpha value is -2.32. The van der Waals surface area contributed by atoms with Crippen LogP contribution in [0.5, 0.6) is 5.75 Å². The minimum absolute atomic E-state index is 0.776. The van der Waals surface area contributed by atoms with Gasteiger partial charge in [0.2, 0.25) is 0 Å². The lowest BCUT2D eigenvalue weighted by Crippen LogP contribution is -1.98. The van der Waals surface area contributed by atoms with Crippen LogP contribution in [-0.2, 0) is 0 Å². The zero-order valence-electron chi connectivity index (χ0n) is 17.1. The summed E-state index contributed by atoms with van der Waals surface area (Å²) >= 11 is 3.48. The maximum atomic E-state index is 5.93. The second-order valence-electron chi connectivity index (χ2n) is 7.06. The molecule has 0 aliphatic carbocycles. The summed E-state index contributed by atoms with van der Waals surface area (Å²) in [6.45, 7) is 3.01. The Bertz CT molecular complexity index is 883. The van der Waals surface area contributed by atoms with Crippen LogP contribution >= 0.6 is 15.9 Å². The van der Waals surface area contributed by atoms with Crippen molar-refractivity contribution in [1.82, 2.24) is 0 Å². The molecule has 1 nitrogen and oxygen atoms in total. The van der Waals surface area contributed by atoms with Crippen molar-refractivity contribution < 1.29 is 4.74 Å². The van der Waals surface area contributed by atoms with Gasteiger partial charge in [-0.25, -0.2) is 0 Å². The van der Waals surface area contributed by atoms with E-state index in [-0.39, 0.29) is 0 Å². The van der Waals surface area contributed by atoms with Gasteiger partial charge in [0, 0.05) is 5.33 Å². The third kappa shape index (κ3) is 6.08. The summed E-state index contributed by atoms with van der Waals surface area (Å²) in [5, 5.41) is 1.07. The SMILES string of the molecule is CC/C(=C(\c1ccccc1)c1ccc(OCCCCCBr)cc1)c1ccccc1. The van der Waals surface area contributed by atoms with Crippen LogP contribution in [0, 0.1) is 0 Å². The van der Waals surface area contributed by atoms with Gasteiger partial charge in [0.05, 0.1) is 6.61 Å². The van der Waals surface area contributed by atoms with Crippen LogP contribution in [0.2, 0.25) is 0 Å². The zero-order chi connectivity index (χ0) is 20.3. The Labute approximate surface area is 183 Å². The molecule has 29 heavy (non-hydrogen) atoms. The van der Waals surface area contributed by atoms with Crippen molar-refractivity contribution >= 4 is 27.1 Å². The van der Waals surface area contributed by atoms with Crippen LogP contribution in [0.3, 0.4) is 0 Å². The van der Waals surface area contributed by atoms with Crippen molar-refractivity contribution in [2.75, 3.05) is 11.9 Å². The summed E-state index contributed by atoms with van der Waals surface area (Å²) in [4.78, 5) is 0. The molecule has 0 unspecified atom stereocenters. The lowest BCUT2D eigenvalue weighted by atomic mass is 9.88. The smallest absolute Gasteiger partial charge is 0.119 e. The van der Waals surface area contributed by atoms with Crippen LogP contribution in [0.25, 0.3) is 11.1 Å². The van der Waals surface area contributed by atoms with Gasteiger partial charge in [-0.3, -0.25) is 0 Å². The third-order valence-corrected chi connectivity index (χ3v) is 5.59. The molecule has 0 spiro atoms. The molecule has 0 heterocycles. The Morgan fingerprint density at radius 1 is 0.690 bits per heavy atom. The highest BCUT2D eigenvalue weighted by molar-refractivity contribution is 9.09. The molecule has 0 saturated carbocycles. The molecular formula is C27H29BrO. The van der Waals surface area contributed by atoms with Crippen LogP contribution in [0.4, 0.5) is 0 Å². The standard InChI is InChI=1S/C27H29BrO/c1-2-26(22-12-6-3-7-13-22)27(23-14-8-4-9-15-23)24-16-18-25(19-17-24)29-21-11-5-10-20-28/h3-4,6-9,12-19H,2,5,10-11,20-21H2,1H3/b27-26-. The number of allylic oxidation sites excluding steroid dienone is 1. The van der Waals surface area contributed by atoms with E-state index < -0.39 is 0 Å². The molecule has 0 aliphatic heterocycles. The van der Waals surface area contributed by atoms with E-state index in [2.05, 4.69) is 108 Å². The first-order chi connectivity index (χ1) is 14.3. The molecule has 0 saturated heterocycles. The maximum Gasteiger partial charge on any atom is 0.119 e. The number of benzene rings is 3. The molecule has 0 aromatic heterocycles. The van der Waals surface area contributed by atoms with Crippen molar-refractivity contribution in [2.45, 2.75) is 32.6 Å². The van der Waals surface area contributed by atoms with E-state index in [1.54, 1.807) is 0 Å². The Kier molecular flexibility index (Phi) is 8.58. The molecule has 3 aromatic carbocycles. The first kappa shape index (κ1) is 21.4. The number of rotatable bonds is 10. The summed E-state index contributed by atoms with van der Waals surface area (Å²) in [5.41, 5.74) is 6.41. The molecule has 3 aromatic rings. The number of hydrogen-bond acceptors (Lipinski definition) is 1. The Balaban J connectivity index is 1.90. The average Bonchev–Trinajstić information content (AvgIpc) is 2.79. The van der Waals surface area contributed by atoms with Crippen molar-refractivity contribution in [3.8, 4) is 5.75 Å². The average molecular weight is 449 g/mol. The summed E-state index contributed by atoms with van der Waals surface area (Å²) < 4.78 is 5.93. The monoisotopic (exact) mass is 448 g/mol. The van der Waals surface area contributed by atoms with E-state index in [1.165, 1.54) is 40.7 Å². The van der Waals surface area contributed by atoms with E-state index in [4.69, 9.17) is 4.74 Å². The van der Waals surface area contributed by atoms with Crippen LogP contribution < -0.4 is 4.74 Å². The van der Waals surface area contributed by atoms with E-state index >= 15 is 0 Å². The van der Waals surface area contributed by atoms with Gasteiger partial charge in [-0.15, -0.1) is 0 Å².